The molecule has 2 aromatic heterocycles. The minimum Gasteiger partial charge on any atom is -0.461 e. The maximum absolute atomic E-state index is 11.5. The molecule has 0 amide bonds. The first kappa shape index (κ1) is 10.6. The second-order valence-corrected chi connectivity index (χ2v) is 3.52. The molecule has 2 heterocycles. The summed E-state index contributed by atoms with van der Waals surface area (Å²) < 4.78 is 4.91. The molecular weight excluding hydrogens is 206 g/mol. The summed E-state index contributed by atoms with van der Waals surface area (Å²) in [6.07, 6.45) is 0. The zero-order valence-corrected chi connectivity index (χ0v) is 9.50. The van der Waals surface area contributed by atoms with Crippen LogP contribution < -0.4 is 0 Å². The van der Waals surface area contributed by atoms with Crippen molar-refractivity contribution in [2.75, 3.05) is 6.61 Å². The number of hydrogen-bond acceptors (Lipinski definition) is 4. The van der Waals surface area contributed by atoms with Gasteiger partial charge in [0.25, 0.3) is 0 Å². The van der Waals surface area contributed by atoms with Crippen LogP contribution in [0.2, 0.25) is 0 Å². The number of carbonyl (C=O) groups excluding carboxylic acids is 1. The Balaban J connectivity index is 2.51. The van der Waals surface area contributed by atoms with Gasteiger partial charge in [-0.15, -0.1) is 0 Å². The molecule has 5 heteroatoms. The van der Waals surface area contributed by atoms with E-state index in [1.165, 1.54) is 0 Å². The fraction of sp³-hybridized carbons (Fsp3) is 0.364. The van der Waals surface area contributed by atoms with Crippen LogP contribution in [-0.4, -0.2) is 27.5 Å². The number of carbonyl (C=O) groups is 1. The van der Waals surface area contributed by atoms with Gasteiger partial charge in [-0.1, -0.05) is 0 Å². The maximum atomic E-state index is 11.5. The van der Waals surface area contributed by atoms with E-state index in [2.05, 4.69) is 15.0 Å². The smallest absolute Gasteiger partial charge is 0.354 e. The second kappa shape index (κ2) is 3.92. The molecule has 0 saturated carbocycles. The van der Waals surface area contributed by atoms with E-state index in [4.69, 9.17) is 4.74 Å². The van der Waals surface area contributed by atoms with Gasteiger partial charge in [-0.3, -0.25) is 0 Å². The van der Waals surface area contributed by atoms with Crippen LogP contribution >= 0.6 is 0 Å². The SMILES string of the molecule is CCOC(=O)c1cc2c(C)nc(C)nc2[nH]1. The van der Waals surface area contributed by atoms with Gasteiger partial charge in [0.1, 0.15) is 17.2 Å². The summed E-state index contributed by atoms with van der Waals surface area (Å²) in [6.45, 7) is 5.84. The Morgan fingerprint density at radius 3 is 2.88 bits per heavy atom. The number of aromatic nitrogens is 3. The Labute approximate surface area is 92.9 Å². The van der Waals surface area contributed by atoms with Crippen molar-refractivity contribution in [2.24, 2.45) is 0 Å². The summed E-state index contributed by atoms with van der Waals surface area (Å²) in [4.78, 5) is 22.9. The Kier molecular flexibility index (Phi) is 2.60. The molecular formula is C11H13N3O2. The number of aryl methyl sites for hydroxylation is 2. The second-order valence-electron chi connectivity index (χ2n) is 3.52. The molecule has 0 aliphatic rings. The third-order valence-corrected chi connectivity index (χ3v) is 2.29. The molecule has 2 rings (SSSR count). The molecule has 1 N–H and O–H groups in total. The van der Waals surface area contributed by atoms with Gasteiger partial charge >= 0.3 is 5.97 Å². The molecule has 0 saturated heterocycles. The first-order valence-electron chi connectivity index (χ1n) is 5.13. The number of nitrogens with one attached hydrogen (secondary N) is 1. The molecule has 0 aliphatic heterocycles. The average Bonchev–Trinajstić information content (AvgIpc) is 2.62. The molecule has 0 fully saturated rings. The lowest BCUT2D eigenvalue weighted by Crippen LogP contribution is -2.04. The zero-order valence-electron chi connectivity index (χ0n) is 9.50. The van der Waals surface area contributed by atoms with E-state index < -0.39 is 0 Å². The van der Waals surface area contributed by atoms with Gasteiger partial charge in [-0.05, 0) is 26.8 Å². The van der Waals surface area contributed by atoms with E-state index in [1.807, 2.05) is 13.8 Å². The predicted molar refractivity (Wildman–Crippen MR) is 59.3 cm³/mol. The number of nitrogens with zero attached hydrogens (tertiary/aromatic N) is 2. The van der Waals surface area contributed by atoms with Crippen molar-refractivity contribution in [3.05, 3.63) is 23.3 Å². The number of H-pyrrole nitrogens is 1. The van der Waals surface area contributed by atoms with Crippen LogP contribution in [0.4, 0.5) is 0 Å². The topological polar surface area (TPSA) is 67.9 Å². The fourth-order valence-corrected chi connectivity index (χ4v) is 1.62. The Morgan fingerprint density at radius 1 is 1.44 bits per heavy atom. The van der Waals surface area contributed by atoms with Crippen molar-refractivity contribution in [3.8, 4) is 0 Å². The van der Waals surface area contributed by atoms with Gasteiger partial charge in [-0.2, -0.15) is 0 Å². The van der Waals surface area contributed by atoms with E-state index in [9.17, 15) is 4.79 Å². The van der Waals surface area contributed by atoms with E-state index in [1.54, 1.807) is 13.0 Å². The van der Waals surface area contributed by atoms with Crippen molar-refractivity contribution in [2.45, 2.75) is 20.8 Å². The van der Waals surface area contributed by atoms with Crippen LogP contribution in [0.15, 0.2) is 6.07 Å². The summed E-state index contributed by atoms with van der Waals surface area (Å²) in [5, 5.41) is 0.855. The summed E-state index contributed by atoms with van der Waals surface area (Å²) in [5.74, 6) is 0.319. The highest BCUT2D eigenvalue weighted by molar-refractivity contribution is 5.94. The van der Waals surface area contributed by atoms with Gasteiger partial charge in [-0.25, -0.2) is 14.8 Å². The van der Waals surface area contributed by atoms with E-state index in [0.717, 1.165) is 11.1 Å². The molecule has 84 valence electrons. The number of rotatable bonds is 2. The third-order valence-electron chi connectivity index (χ3n) is 2.29. The maximum Gasteiger partial charge on any atom is 0.354 e. The first-order valence-corrected chi connectivity index (χ1v) is 5.13. The molecule has 0 aromatic carbocycles. The molecule has 0 aliphatic carbocycles. The Hall–Kier alpha value is -1.91. The number of hydrogen-bond donors (Lipinski definition) is 1. The average molecular weight is 219 g/mol. The molecule has 0 radical (unpaired) electrons. The molecule has 5 nitrogen and oxygen atoms in total. The van der Waals surface area contributed by atoms with Crippen LogP contribution in [0, 0.1) is 13.8 Å². The van der Waals surface area contributed by atoms with Gasteiger partial charge < -0.3 is 9.72 Å². The molecule has 2 aromatic rings. The standard InChI is InChI=1S/C11H13N3O2/c1-4-16-11(15)9-5-8-6(2)12-7(3)13-10(8)14-9/h5H,4H2,1-3H3,(H,12,13,14). The number of esters is 1. The lowest BCUT2D eigenvalue weighted by molar-refractivity contribution is 0.0520. The minimum absolute atomic E-state index is 0.359. The Bertz CT molecular complexity index is 545. The van der Waals surface area contributed by atoms with Crippen LogP contribution in [-0.2, 0) is 4.74 Å². The monoisotopic (exact) mass is 219 g/mol. The van der Waals surface area contributed by atoms with Crippen molar-refractivity contribution < 1.29 is 9.53 Å². The number of fused-ring (bicyclic) bond motifs is 1. The van der Waals surface area contributed by atoms with Gasteiger partial charge in [0.05, 0.1) is 12.3 Å². The molecule has 16 heavy (non-hydrogen) atoms. The molecule has 0 spiro atoms. The van der Waals surface area contributed by atoms with Crippen LogP contribution in [0.1, 0.15) is 28.9 Å². The van der Waals surface area contributed by atoms with E-state index >= 15 is 0 Å². The van der Waals surface area contributed by atoms with Crippen LogP contribution in [0.25, 0.3) is 11.0 Å². The van der Waals surface area contributed by atoms with Gasteiger partial charge in [0, 0.05) is 5.39 Å². The van der Waals surface area contributed by atoms with Crippen molar-refractivity contribution in [3.63, 3.8) is 0 Å². The highest BCUT2D eigenvalue weighted by atomic mass is 16.5. The zero-order chi connectivity index (χ0) is 11.7. The van der Waals surface area contributed by atoms with Gasteiger partial charge in [0.2, 0.25) is 0 Å². The van der Waals surface area contributed by atoms with E-state index in [0.29, 0.717) is 23.8 Å². The molecule has 0 unspecified atom stereocenters. The highest BCUT2D eigenvalue weighted by Crippen LogP contribution is 2.17. The molecule has 0 atom stereocenters. The highest BCUT2D eigenvalue weighted by Gasteiger charge is 2.12. The Morgan fingerprint density at radius 2 is 2.19 bits per heavy atom. The van der Waals surface area contributed by atoms with Gasteiger partial charge in [0.15, 0.2) is 0 Å². The summed E-state index contributed by atoms with van der Waals surface area (Å²) >= 11 is 0. The quantitative estimate of drug-likeness (QED) is 0.781. The predicted octanol–water partition coefficient (Wildman–Crippen LogP) is 1.75. The van der Waals surface area contributed by atoms with E-state index in [-0.39, 0.29) is 5.97 Å². The summed E-state index contributed by atoms with van der Waals surface area (Å²) in [5.41, 5.74) is 1.95. The fourth-order valence-electron chi connectivity index (χ4n) is 1.62. The molecule has 0 bridgehead atoms. The lowest BCUT2D eigenvalue weighted by atomic mass is 10.3. The first-order chi connectivity index (χ1) is 7.61. The lowest BCUT2D eigenvalue weighted by Gasteiger charge is -1.96. The van der Waals surface area contributed by atoms with Crippen LogP contribution in [0.5, 0.6) is 0 Å². The normalized spacial score (nSPS) is 10.7. The largest absolute Gasteiger partial charge is 0.461 e. The summed E-state index contributed by atoms with van der Waals surface area (Å²) in [7, 11) is 0. The number of ether oxygens (including phenoxy) is 1. The van der Waals surface area contributed by atoms with Crippen molar-refractivity contribution in [1.82, 2.24) is 15.0 Å². The van der Waals surface area contributed by atoms with Crippen LogP contribution in [0.3, 0.4) is 0 Å². The van der Waals surface area contributed by atoms with Crippen molar-refractivity contribution in [1.29, 1.82) is 0 Å². The number of aromatic amines is 1. The minimum atomic E-state index is -0.363. The summed E-state index contributed by atoms with van der Waals surface area (Å²) in [6, 6.07) is 1.72. The van der Waals surface area contributed by atoms with Crippen molar-refractivity contribution >= 4 is 17.0 Å². The third kappa shape index (κ3) is 1.76.